The van der Waals surface area contributed by atoms with Crippen LogP contribution in [0.2, 0.25) is 0 Å². The molecule has 9 heteroatoms. The highest BCUT2D eigenvalue weighted by atomic mass is 79.9. The lowest BCUT2D eigenvalue weighted by Gasteiger charge is -2.37. The van der Waals surface area contributed by atoms with Crippen LogP contribution >= 0.6 is 31.9 Å². The van der Waals surface area contributed by atoms with Gasteiger partial charge in [-0.1, -0.05) is 62.2 Å². The molecule has 3 aromatic rings. The van der Waals surface area contributed by atoms with Crippen LogP contribution in [0.15, 0.2) is 86.7 Å². The summed E-state index contributed by atoms with van der Waals surface area (Å²) in [5.41, 5.74) is 1.38. The Kier molecular flexibility index (Phi) is 9.02. The molecule has 1 N–H and O–H groups in total. The van der Waals surface area contributed by atoms with Crippen LogP contribution in [0.5, 0.6) is 5.75 Å². The van der Waals surface area contributed by atoms with E-state index in [-0.39, 0.29) is 12.5 Å². The molecule has 0 spiro atoms. The first-order valence-electron chi connectivity index (χ1n) is 13.0. The summed E-state index contributed by atoms with van der Waals surface area (Å²) in [5, 5.41) is 9.02. The highest BCUT2D eigenvalue weighted by molar-refractivity contribution is 9.10. The number of aliphatic hydroxyl groups excluding tert-OH is 1. The van der Waals surface area contributed by atoms with Gasteiger partial charge in [0.1, 0.15) is 5.75 Å². The zero-order chi connectivity index (χ0) is 27.2. The Bertz CT molecular complexity index is 1310. The highest BCUT2D eigenvalue weighted by Gasteiger charge is 2.55. The lowest BCUT2D eigenvalue weighted by atomic mass is 9.81. The van der Waals surface area contributed by atoms with Crippen molar-refractivity contribution in [3.63, 3.8) is 0 Å². The Hall–Kier alpha value is -2.72. The number of hydrogen-bond acceptors (Lipinski definition) is 6. The molecule has 0 radical (unpaired) electrons. The number of morpholine rings is 1. The van der Waals surface area contributed by atoms with Gasteiger partial charge in [-0.3, -0.25) is 4.79 Å². The number of aliphatic hydroxyl groups is 1. The fourth-order valence-corrected chi connectivity index (χ4v) is 5.57. The minimum Gasteiger partial charge on any atom is -0.494 e. The van der Waals surface area contributed by atoms with Crippen LogP contribution in [0.3, 0.4) is 0 Å². The number of carbonyl (C=O) groups is 1. The van der Waals surface area contributed by atoms with Crippen molar-refractivity contribution >= 4 is 43.7 Å². The lowest BCUT2D eigenvalue weighted by Crippen LogP contribution is -2.54. The normalized spacial score (nSPS) is 20.8. The maximum absolute atomic E-state index is 14.5. The third-order valence-corrected chi connectivity index (χ3v) is 8.20. The summed E-state index contributed by atoms with van der Waals surface area (Å²) < 4.78 is 19.7. The van der Waals surface area contributed by atoms with E-state index in [2.05, 4.69) is 31.9 Å². The summed E-state index contributed by atoms with van der Waals surface area (Å²) in [5.74, 6) is 1.03. The average molecular weight is 658 g/mol. The first kappa shape index (κ1) is 27.8. The van der Waals surface area contributed by atoms with Gasteiger partial charge in [-0.25, -0.2) is 4.99 Å². The number of benzene rings is 3. The first-order chi connectivity index (χ1) is 19.0. The number of carbonyl (C=O) groups excluding carboxylic acids is 1. The molecular weight excluding hydrogens is 628 g/mol. The highest BCUT2D eigenvalue weighted by Crippen LogP contribution is 2.44. The maximum Gasteiger partial charge on any atom is 0.255 e. The Balaban J connectivity index is 1.59. The minimum atomic E-state index is -1.22. The molecule has 0 bridgehead atoms. The molecule has 2 aliphatic heterocycles. The number of nitrogens with zero attached hydrogens (tertiary/aromatic N) is 2. The zero-order valence-corrected chi connectivity index (χ0v) is 24.6. The van der Waals surface area contributed by atoms with Crippen LogP contribution in [-0.2, 0) is 20.7 Å². The summed E-state index contributed by atoms with van der Waals surface area (Å²) in [6.45, 7) is 2.52. The molecule has 1 saturated heterocycles. The van der Waals surface area contributed by atoms with Crippen LogP contribution in [0.4, 0.5) is 0 Å². The number of amides is 1. The summed E-state index contributed by atoms with van der Waals surface area (Å²) in [4.78, 5) is 21.5. The molecule has 1 amide bonds. The molecule has 0 unspecified atom stereocenters. The zero-order valence-electron chi connectivity index (χ0n) is 21.4. The lowest BCUT2D eigenvalue weighted by molar-refractivity contribution is -0.143. The van der Waals surface area contributed by atoms with Crippen LogP contribution < -0.4 is 4.74 Å². The fourth-order valence-electron chi connectivity index (χ4n) is 4.88. The van der Waals surface area contributed by atoms with Gasteiger partial charge in [-0.2, -0.15) is 0 Å². The van der Waals surface area contributed by atoms with E-state index in [9.17, 15) is 4.79 Å². The second-order valence-electron chi connectivity index (χ2n) is 9.51. The molecule has 0 aliphatic carbocycles. The van der Waals surface area contributed by atoms with Crippen molar-refractivity contribution in [3.8, 4) is 5.75 Å². The number of ether oxygens (including phenoxy) is 3. The van der Waals surface area contributed by atoms with E-state index < -0.39 is 11.6 Å². The molecular formula is C30H30Br2N2O5. The van der Waals surface area contributed by atoms with Gasteiger partial charge in [0.15, 0.2) is 11.6 Å². The summed E-state index contributed by atoms with van der Waals surface area (Å²) in [6.07, 6.45) is 0.286. The molecule has 1 fully saturated rings. The molecule has 0 aromatic heterocycles. The molecule has 5 rings (SSSR count). The SMILES string of the molecule is O=C(N1CCOCC1)[C@]1(Cc2ccccc2Br)N=C(c2ccc(OCCCO)cc2)O[C@@H]1c1ccc(Br)cc1. The summed E-state index contributed by atoms with van der Waals surface area (Å²) >= 11 is 7.21. The van der Waals surface area contributed by atoms with Gasteiger partial charge in [0.25, 0.3) is 5.91 Å². The third-order valence-electron chi connectivity index (χ3n) is 6.90. The van der Waals surface area contributed by atoms with Crippen molar-refractivity contribution in [2.24, 2.45) is 4.99 Å². The van der Waals surface area contributed by atoms with Gasteiger partial charge in [0.2, 0.25) is 5.90 Å². The molecule has 3 aromatic carbocycles. The number of rotatable bonds is 9. The largest absolute Gasteiger partial charge is 0.494 e. The molecule has 2 heterocycles. The maximum atomic E-state index is 14.5. The van der Waals surface area contributed by atoms with Crippen molar-refractivity contribution in [2.45, 2.75) is 24.5 Å². The van der Waals surface area contributed by atoms with Crippen molar-refractivity contribution in [1.29, 1.82) is 0 Å². The number of halogens is 2. The third kappa shape index (κ3) is 6.22. The topological polar surface area (TPSA) is 80.6 Å². The Morgan fingerprint density at radius 1 is 1.03 bits per heavy atom. The monoisotopic (exact) mass is 656 g/mol. The predicted molar refractivity (Wildman–Crippen MR) is 156 cm³/mol. The Labute approximate surface area is 245 Å². The molecule has 7 nitrogen and oxygen atoms in total. The summed E-state index contributed by atoms with van der Waals surface area (Å²) in [6, 6.07) is 23.3. The van der Waals surface area contributed by atoms with Crippen molar-refractivity contribution in [3.05, 3.63) is 98.4 Å². The number of aliphatic imine (C=N–C) groups is 1. The van der Waals surface area contributed by atoms with Gasteiger partial charge < -0.3 is 24.2 Å². The average Bonchev–Trinajstić information content (AvgIpc) is 3.35. The van der Waals surface area contributed by atoms with Crippen molar-refractivity contribution in [2.75, 3.05) is 39.5 Å². The first-order valence-corrected chi connectivity index (χ1v) is 14.6. The van der Waals surface area contributed by atoms with Crippen LogP contribution in [0.1, 0.15) is 29.2 Å². The van der Waals surface area contributed by atoms with Gasteiger partial charge >= 0.3 is 0 Å². The molecule has 2 atom stereocenters. The molecule has 204 valence electrons. The van der Waals surface area contributed by atoms with Gasteiger partial charge in [-0.15, -0.1) is 0 Å². The van der Waals surface area contributed by atoms with Gasteiger partial charge in [-0.05, 0) is 53.6 Å². The van der Waals surface area contributed by atoms with Crippen LogP contribution in [0, 0.1) is 0 Å². The van der Waals surface area contributed by atoms with Crippen molar-refractivity contribution in [1.82, 2.24) is 4.90 Å². The predicted octanol–water partition coefficient (Wildman–Crippen LogP) is 5.33. The minimum absolute atomic E-state index is 0.0755. The van der Waals surface area contributed by atoms with Crippen LogP contribution in [-0.4, -0.2) is 66.9 Å². The smallest absolute Gasteiger partial charge is 0.255 e. The van der Waals surface area contributed by atoms with E-state index in [1.54, 1.807) is 0 Å². The number of hydrogen-bond donors (Lipinski definition) is 1. The van der Waals surface area contributed by atoms with E-state index in [0.29, 0.717) is 57.4 Å². The Morgan fingerprint density at radius 2 is 1.74 bits per heavy atom. The fraction of sp³-hybridized carbons (Fsp3) is 0.333. The van der Waals surface area contributed by atoms with Gasteiger partial charge in [0, 0.05) is 47.0 Å². The van der Waals surface area contributed by atoms with E-state index >= 15 is 0 Å². The summed E-state index contributed by atoms with van der Waals surface area (Å²) in [7, 11) is 0. The van der Waals surface area contributed by atoms with Gasteiger partial charge in [0.05, 0.1) is 19.8 Å². The molecule has 0 saturated carbocycles. The van der Waals surface area contributed by atoms with Crippen molar-refractivity contribution < 1.29 is 24.1 Å². The second-order valence-corrected chi connectivity index (χ2v) is 11.3. The van der Waals surface area contributed by atoms with E-state index in [0.717, 1.165) is 25.6 Å². The second kappa shape index (κ2) is 12.6. The van der Waals surface area contributed by atoms with E-state index in [1.165, 1.54) is 0 Å². The molecule has 2 aliphatic rings. The van der Waals surface area contributed by atoms with E-state index in [4.69, 9.17) is 24.3 Å². The van der Waals surface area contributed by atoms with E-state index in [1.807, 2.05) is 77.7 Å². The molecule has 39 heavy (non-hydrogen) atoms. The Morgan fingerprint density at radius 3 is 2.44 bits per heavy atom. The standard InChI is InChI=1S/C30H30Br2N2O5/c31-24-10-6-21(7-11-24)27-30(20-23-4-1-2-5-26(23)32,29(36)34-14-18-37-19-15-34)33-28(39-27)22-8-12-25(13-9-22)38-17-3-16-35/h1-2,4-13,27,35H,3,14-20H2/t27-,30-/m1/s1. The van der Waals surface area contributed by atoms with Crippen LogP contribution in [0.25, 0.3) is 0 Å². The quantitative estimate of drug-likeness (QED) is 0.315.